The van der Waals surface area contributed by atoms with Crippen LogP contribution in [0.3, 0.4) is 0 Å². The van der Waals surface area contributed by atoms with Gasteiger partial charge in [0.15, 0.2) is 0 Å². The van der Waals surface area contributed by atoms with E-state index in [0.717, 1.165) is 56.8 Å². The summed E-state index contributed by atoms with van der Waals surface area (Å²) in [6.07, 6.45) is 6.85. The Morgan fingerprint density at radius 2 is 1.88 bits per heavy atom. The Morgan fingerprint density at radius 1 is 1.06 bits per heavy atom. The van der Waals surface area contributed by atoms with E-state index in [-0.39, 0.29) is 5.91 Å². The molecule has 2 aliphatic rings. The summed E-state index contributed by atoms with van der Waals surface area (Å²) >= 11 is 0. The van der Waals surface area contributed by atoms with Crippen LogP contribution in [0.25, 0.3) is 5.69 Å². The molecule has 0 unspecified atom stereocenters. The lowest BCUT2D eigenvalue weighted by Gasteiger charge is -2.31. The van der Waals surface area contributed by atoms with E-state index in [1.54, 1.807) is 12.3 Å². The smallest absolute Gasteiger partial charge is 0.270 e. The quantitative estimate of drug-likeness (QED) is 0.649. The Kier molecular flexibility index (Phi) is 6.27. The van der Waals surface area contributed by atoms with Crippen LogP contribution in [0.4, 0.5) is 0 Å². The van der Waals surface area contributed by atoms with Crippen molar-refractivity contribution in [2.75, 3.05) is 26.3 Å². The van der Waals surface area contributed by atoms with E-state index >= 15 is 0 Å². The highest BCUT2D eigenvalue weighted by atomic mass is 16.5. The van der Waals surface area contributed by atoms with Gasteiger partial charge in [-0.15, -0.1) is 0 Å². The van der Waals surface area contributed by atoms with Crippen molar-refractivity contribution < 1.29 is 9.53 Å². The van der Waals surface area contributed by atoms with E-state index in [1.807, 2.05) is 36.5 Å². The first-order valence-corrected chi connectivity index (χ1v) is 11.4. The maximum Gasteiger partial charge on any atom is 0.270 e. The van der Waals surface area contributed by atoms with Crippen molar-refractivity contribution in [3.05, 3.63) is 77.9 Å². The van der Waals surface area contributed by atoms with Crippen molar-refractivity contribution >= 4 is 5.91 Å². The highest BCUT2D eigenvalue weighted by molar-refractivity contribution is 5.92. The third-order valence-corrected chi connectivity index (χ3v) is 6.54. The van der Waals surface area contributed by atoms with Crippen molar-refractivity contribution in [3.8, 4) is 5.69 Å². The Labute approximate surface area is 188 Å². The van der Waals surface area contributed by atoms with E-state index in [4.69, 9.17) is 9.84 Å². The van der Waals surface area contributed by atoms with Gasteiger partial charge in [0.1, 0.15) is 5.69 Å². The molecule has 1 aromatic carbocycles. The van der Waals surface area contributed by atoms with Gasteiger partial charge >= 0.3 is 0 Å². The second kappa shape index (κ2) is 9.63. The van der Waals surface area contributed by atoms with Crippen molar-refractivity contribution in [1.82, 2.24) is 25.0 Å². The molecule has 0 bridgehead atoms. The van der Waals surface area contributed by atoms with Crippen LogP contribution < -0.4 is 5.32 Å². The maximum atomic E-state index is 12.6. The zero-order valence-corrected chi connectivity index (χ0v) is 18.2. The molecule has 0 spiro atoms. The summed E-state index contributed by atoms with van der Waals surface area (Å²) in [6.45, 7) is 4.27. The second-order valence-corrected chi connectivity index (χ2v) is 8.52. The van der Waals surface area contributed by atoms with Gasteiger partial charge in [-0.25, -0.2) is 4.68 Å². The topological polar surface area (TPSA) is 72.3 Å². The molecule has 1 N–H and O–H groups in total. The lowest BCUT2D eigenvalue weighted by molar-refractivity contribution is 0.0419. The monoisotopic (exact) mass is 431 g/mol. The third-order valence-electron chi connectivity index (χ3n) is 6.54. The Morgan fingerprint density at radius 3 is 2.66 bits per heavy atom. The Hall–Kier alpha value is -3.03. The number of ether oxygens (including phenoxy) is 1. The number of carbonyl (C=O) groups is 1. The molecule has 2 aliphatic heterocycles. The molecule has 2 saturated heterocycles. The third kappa shape index (κ3) is 4.45. The van der Waals surface area contributed by atoms with Gasteiger partial charge in [0.25, 0.3) is 5.91 Å². The lowest BCUT2D eigenvalue weighted by Crippen LogP contribution is -2.37. The first-order valence-electron chi connectivity index (χ1n) is 11.4. The number of amides is 1. The van der Waals surface area contributed by atoms with Crippen LogP contribution in [0.5, 0.6) is 0 Å². The molecule has 1 atom stereocenters. The SMILES string of the molecule is O=C(NCc1cnn(-c2ccccc2)c1[C@H]1CCN(C2CCOCC2)C1)c1ccccn1. The zero-order chi connectivity index (χ0) is 21.8. The minimum absolute atomic E-state index is 0.167. The number of nitrogens with zero attached hydrogens (tertiary/aromatic N) is 4. The van der Waals surface area contributed by atoms with Gasteiger partial charge < -0.3 is 10.1 Å². The van der Waals surface area contributed by atoms with Crippen molar-refractivity contribution in [2.24, 2.45) is 0 Å². The Bertz CT molecular complexity index is 1030. The molecule has 3 aromatic rings. The molecule has 32 heavy (non-hydrogen) atoms. The highest BCUT2D eigenvalue weighted by Gasteiger charge is 2.33. The molecule has 5 rings (SSSR count). The summed E-state index contributed by atoms with van der Waals surface area (Å²) in [5.74, 6) is 0.210. The normalized spacial score (nSPS) is 19.8. The van der Waals surface area contributed by atoms with Crippen molar-refractivity contribution in [1.29, 1.82) is 0 Å². The molecule has 7 heteroatoms. The maximum absolute atomic E-state index is 12.6. The largest absolute Gasteiger partial charge is 0.381 e. The summed E-state index contributed by atoms with van der Waals surface area (Å²) < 4.78 is 7.62. The molecule has 2 aromatic heterocycles. The number of hydrogen-bond donors (Lipinski definition) is 1. The first-order chi connectivity index (χ1) is 15.8. The number of nitrogens with one attached hydrogen (secondary N) is 1. The molecule has 0 saturated carbocycles. The van der Waals surface area contributed by atoms with Crippen LogP contribution in [0.2, 0.25) is 0 Å². The zero-order valence-electron chi connectivity index (χ0n) is 18.2. The van der Waals surface area contributed by atoms with E-state index in [0.29, 0.717) is 24.2 Å². The molecule has 0 radical (unpaired) electrons. The molecule has 0 aliphatic carbocycles. The van der Waals surface area contributed by atoms with E-state index in [9.17, 15) is 4.79 Å². The number of pyridine rings is 1. The van der Waals surface area contributed by atoms with Crippen LogP contribution >= 0.6 is 0 Å². The van der Waals surface area contributed by atoms with Crippen molar-refractivity contribution in [2.45, 2.75) is 37.8 Å². The molecular formula is C25H29N5O2. The van der Waals surface area contributed by atoms with Gasteiger partial charge in [-0.1, -0.05) is 24.3 Å². The van der Waals surface area contributed by atoms with E-state index in [1.165, 1.54) is 5.69 Å². The lowest BCUT2D eigenvalue weighted by atomic mass is 10.00. The summed E-state index contributed by atoms with van der Waals surface area (Å²) in [5, 5.41) is 7.76. The van der Waals surface area contributed by atoms with Crippen LogP contribution in [0.15, 0.2) is 60.9 Å². The fraction of sp³-hybridized carbons (Fsp3) is 0.400. The van der Waals surface area contributed by atoms with Crippen LogP contribution in [0.1, 0.15) is 46.9 Å². The van der Waals surface area contributed by atoms with Gasteiger partial charge in [-0.2, -0.15) is 5.10 Å². The number of carbonyl (C=O) groups excluding carboxylic acids is 1. The summed E-state index contributed by atoms with van der Waals surface area (Å²) in [4.78, 5) is 19.3. The predicted molar refractivity (Wildman–Crippen MR) is 122 cm³/mol. The van der Waals surface area contributed by atoms with Gasteiger partial charge in [0.05, 0.1) is 17.6 Å². The van der Waals surface area contributed by atoms with Crippen LogP contribution in [-0.4, -0.2) is 57.9 Å². The summed E-state index contributed by atoms with van der Waals surface area (Å²) in [6, 6.07) is 16.2. The van der Waals surface area contributed by atoms with Crippen molar-refractivity contribution in [3.63, 3.8) is 0 Å². The second-order valence-electron chi connectivity index (χ2n) is 8.52. The number of hydrogen-bond acceptors (Lipinski definition) is 5. The Balaban J connectivity index is 1.38. The molecule has 4 heterocycles. The molecule has 7 nitrogen and oxygen atoms in total. The standard InChI is InChI=1S/C25H29N5O2/c31-25(23-8-4-5-12-26-23)27-16-20-17-28-30(22-6-2-1-3-7-22)24(20)19-9-13-29(18-19)21-10-14-32-15-11-21/h1-8,12,17,19,21H,9-11,13-16,18H2,(H,27,31)/t19-/m0/s1. The van der Waals surface area contributed by atoms with Gasteiger partial charge in [-0.05, 0) is 50.1 Å². The minimum atomic E-state index is -0.167. The number of aromatic nitrogens is 3. The average Bonchev–Trinajstić information content (AvgIpc) is 3.51. The summed E-state index contributed by atoms with van der Waals surface area (Å²) in [7, 11) is 0. The summed E-state index contributed by atoms with van der Waals surface area (Å²) in [5.41, 5.74) is 3.74. The molecule has 2 fully saturated rings. The minimum Gasteiger partial charge on any atom is -0.381 e. The molecular weight excluding hydrogens is 402 g/mol. The fourth-order valence-electron chi connectivity index (χ4n) is 4.89. The molecule has 166 valence electrons. The predicted octanol–water partition coefficient (Wildman–Crippen LogP) is 3.17. The number of rotatable bonds is 6. The van der Waals surface area contributed by atoms with Gasteiger partial charge in [0, 0.05) is 50.0 Å². The highest BCUT2D eigenvalue weighted by Crippen LogP contribution is 2.33. The first kappa shape index (κ1) is 20.8. The van der Waals surface area contributed by atoms with E-state index < -0.39 is 0 Å². The average molecular weight is 432 g/mol. The fourth-order valence-corrected chi connectivity index (χ4v) is 4.89. The number of likely N-dealkylation sites (tertiary alicyclic amines) is 1. The van der Waals surface area contributed by atoms with E-state index in [2.05, 4.69) is 32.0 Å². The molecule has 1 amide bonds. The number of para-hydroxylation sites is 1. The van der Waals surface area contributed by atoms with Gasteiger partial charge in [0.2, 0.25) is 0 Å². The van der Waals surface area contributed by atoms with Gasteiger partial charge in [-0.3, -0.25) is 14.7 Å². The van der Waals surface area contributed by atoms with Crippen LogP contribution in [-0.2, 0) is 11.3 Å². The number of benzene rings is 1. The van der Waals surface area contributed by atoms with Crippen LogP contribution in [0, 0.1) is 0 Å².